The number of amides is 2. The van der Waals surface area contributed by atoms with E-state index in [4.69, 9.17) is 16.7 Å². The summed E-state index contributed by atoms with van der Waals surface area (Å²) in [5, 5.41) is 10.9. The predicted octanol–water partition coefficient (Wildman–Crippen LogP) is 5.10. The minimum absolute atomic E-state index is 0.273. The number of nitrogens with one attached hydrogen (secondary N) is 2. The van der Waals surface area contributed by atoms with Crippen LogP contribution in [0, 0.1) is 0 Å². The molecule has 0 spiro atoms. The molecule has 1 atom stereocenters. The lowest BCUT2D eigenvalue weighted by molar-refractivity contribution is -0.122. The zero-order valence-electron chi connectivity index (χ0n) is 19.0. The first kappa shape index (κ1) is 24.7. The van der Waals surface area contributed by atoms with Gasteiger partial charge in [-0.1, -0.05) is 82.1 Å². The molecule has 0 aliphatic carbocycles. The van der Waals surface area contributed by atoms with Crippen molar-refractivity contribution >= 4 is 39.3 Å². The van der Waals surface area contributed by atoms with E-state index in [1.807, 2.05) is 66.7 Å². The highest BCUT2D eigenvalue weighted by molar-refractivity contribution is 9.10. The third-order valence-electron chi connectivity index (χ3n) is 5.52. The van der Waals surface area contributed by atoms with Crippen LogP contribution >= 0.6 is 27.5 Å². The first-order chi connectivity index (χ1) is 16.9. The van der Waals surface area contributed by atoms with Crippen LogP contribution in [0.2, 0.25) is 5.02 Å². The SMILES string of the molecule is CNC(=O)[C@H](Cc1cccc(Br)c1)NC(=O)c1cc(-c2ccc(Cl)cc2)nn1Cc1ccccc1. The average molecular weight is 552 g/mol. The van der Waals surface area contributed by atoms with Crippen LogP contribution in [-0.2, 0) is 17.8 Å². The number of rotatable bonds is 8. The summed E-state index contributed by atoms with van der Waals surface area (Å²) in [6, 6.07) is 25.7. The molecule has 0 aliphatic rings. The van der Waals surface area contributed by atoms with E-state index in [0.717, 1.165) is 21.2 Å². The van der Waals surface area contributed by atoms with Crippen molar-refractivity contribution < 1.29 is 9.59 Å². The summed E-state index contributed by atoms with van der Waals surface area (Å²) in [6.07, 6.45) is 0.349. The van der Waals surface area contributed by atoms with Gasteiger partial charge in [-0.3, -0.25) is 14.3 Å². The molecule has 8 heteroatoms. The van der Waals surface area contributed by atoms with E-state index in [1.165, 1.54) is 0 Å². The number of carbonyl (C=O) groups is 2. The Kier molecular flexibility index (Phi) is 8.00. The van der Waals surface area contributed by atoms with Crippen LogP contribution in [0.5, 0.6) is 0 Å². The largest absolute Gasteiger partial charge is 0.357 e. The van der Waals surface area contributed by atoms with Crippen LogP contribution in [0.15, 0.2) is 89.4 Å². The minimum atomic E-state index is -0.749. The Morgan fingerprint density at radius 2 is 1.69 bits per heavy atom. The van der Waals surface area contributed by atoms with E-state index < -0.39 is 6.04 Å². The number of benzene rings is 3. The molecule has 0 radical (unpaired) electrons. The highest BCUT2D eigenvalue weighted by Gasteiger charge is 2.24. The summed E-state index contributed by atoms with van der Waals surface area (Å²) in [5.74, 6) is -0.650. The molecule has 1 aromatic heterocycles. The number of carbonyl (C=O) groups excluding carboxylic acids is 2. The molecule has 0 saturated heterocycles. The van der Waals surface area contributed by atoms with Crippen LogP contribution in [0.25, 0.3) is 11.3 Å². The van der Waals surface area contributed by atoms with Crippen molar-refractivity contribution in [1.29, 1.82) is 0 Å². The molecule has 4 rings (SSSR count). The maximum Gasteiger partial charge on any atom is 0.270 e. The lowest BCUT2D eigenvalue weighted by atomic mass is 10.0. The summed E-state index contributed by atoms with van der Waals surface area (Å²) >= 11 is 9.50. The number of nitrogens with zero attached hydrogens (tertiary/aromatic N) is 2. The fourth-order valence-corrected chi connectivity index (χ4v) is 4.33. The normalized spacial score (nSPS) is 11.6. The molecule has 6 nitrogen and oxygen atoms in total. The van der Waals surface area contributed by atoms with Crippen molar-refractivity contribution in [3.05, 3.63) is 111 Å². The zero-order chi connectivity index (χ0) is 24.8. The first-order valence-corrected chi connectivity index (χ1v) is 12.2. The molecule has 2 N–H and O–H groups in total. The highest BCUT2D eigenvalue weighted by Crippen LogP contribution is 2.22. The summed E-state index contributed by atoms with van der Waals surface area (Å²) in [6.45, 7) is 0.410. The van der Waals surface area contributed by atoms with Crippen LogP contribution in [0.1, 0.15) is 21.6 Å². The fraction of sp³-hybridized carbons (Fsp3) is 0.148. The topological polar surface area (TPSA) is 76.0 Å². The number of hydrogen-bond acceptors (Lipinski definition) is 3. The van der Waals surface area contributed by atoms with Crippen LogP contribution < -0.4 is 10.6 Å². The molecule has 2 amide bonds. The summed E-state index contributed by atoms with van der Waals surface area (Å²) in [4.78, 5) is 26.1. The van der Waals surface area contributed by atoms with Gasteiger partial charge < -0.3 is 10.6 Å². The van der Waals surface area contributed by atoms with Crippen molar-refractivity contribution in [3.8, 4) is 11.3 Å². The Balaban J connectivity index is 1.65. The van der Waals surface area contributed by atoms with Crippen molar-refractivity contribution in [3.63, 3.8) is 0 Å². The maximum atomic E-state index is 13.5. The van der Waals surface area contributed by atoms with Gasteiger partial charge in [0.1, 0.15) is 11.7 Å². The number of likely N-dealkylation sites (N-methyl/N-ethyl adjacent to an activating group) is 1. The number of aromatic nitrogens is 2. The molecular formula is C27H24BrClN4O2. The molecular weight excluding hydrogens is 528 g/mol. The summed E-state index contributed by atoms with van der Waals surface area (Å²) in [7, 11) is 1.56. The minimum Gasteiger partial charge on any atom is -0.357 e. The van der Waals surface area contributed by atoms with Gasteiger partial charge in [0, 0.05) is 28.5 Å². The van der Waals surface area contributed by atoms with Crippen molar-refractivity contribution in [2.75, 3.05) is 7.05 Å². The summed E-state index contributed by atoms with van der Waals surface area (Å²) in [5.41, 5.74) is 3.78. The highest BCUT2D eigenvalue weighted by atomic mass is 79.9. The quantitative estimate of drug-likeness (QED) is 0.320. The van der Waals surface area contributed by atoms with Crippen molar-refractivity contribution in [2.24, 2.45) is 0 Å². The second-order valence-electron chi connectivity index (χ2n) is 8.04. The van der Waals surface area contributed by atoms with Gasteiger partial charge in [-0.25, -0.2) is 0 Å². The fourth-order valence-electron chi connectivity index (χ4n) is 3.75. The van der Waals surface area contributed by atoms with E-state index in [9.17, 15) is 9.59 Å². The molecule has 1 heterocycles. The van der Waals surface area contributed by atoms with Gasteiger partial charge in [-0.2, -0.15) is 5.10 Å². The monoisotopic (exact) mass is 550 g/mol. The molecule has 0 unspecified atom stereocenters. The van der Waals surface area contributed by atoms with Gasteiger partial charge in [0.15, 0.2) is 0 Å². The van der Waals surface area contributed by atoms with Crippen molar-refractivity contribution in [1.82, 2.24) is 20.4 Å². The third kappa shape index (κ3) is 6.38. The molecule has 178 valence electrons. The predicted molar refractivity (Wildman–Crippen MR) is 141 cm³/mol. The molecule has 0 fully saturated rings. The Hall–Kier alpha value is -3.42. The zero-order valence-corrected chi connectivity index (χ0v) is 21.4. The Morgan fingerprint density at radius 1 is 0.971 bits per heavy atom. The molecule has 0 aliphatic heterocycles. The lowest BCUT2D eigenvalue weighted by Crippen LogP contribution is -2.47. The average Bonchev–Trinajstić information content (AvgIpc) is 3.28. The van der Waals surface area contributed by atoms with Gasteiger partial charge in [0.25, 0.3) is 5.91 Å². The Morgan fingerprint density at radius 3 is 2.37 bits per heavy atom. The third-order valence-corrected chi connectivity index (χ3v) is 6.27. The van der Waals surface area contributed by atoms with Crippen LogP contribution in [0.3, 0.4) is 0 Å². The second kappa shape index (κ2) is 11.3. The van der Waals surface area contributed by atoms with Gasteiger partial charge in [0.2, 0.25) is 5.91 Å². The summed E-state index contributed by atoms with van der Waals surface area (Å²) < 4.78 is 2.57. The van der Waals surface area contributed by atoms with E-state index >= 15 is 0 Å². The smallest absolute Gasteiger partial charge is 0.270 e. The van der Waals surface area contributed by atoms with E-state index in [-0.39, 0.29) is 11.8 Å². The first-order valence-electron chi connectivity index (χ1n) is 11.1. The maximum absolute atomic E-state index is 13.5. The number of hydrogen-bond donors (Lipinski definition) is 2. The van der Waals surface area contributed by atoms with E-state index in [0.29, 0.717) is 29.4 Å². The molecule has 3 aromatic carbocycles. The van der Waals surface area contributed by atoms with Gasteiger partial charge >= 0.3 is 0 Å². The van der Waals surface area contributed by atoms with Crippen LogP contribution in [-0.4, -0.2) is 34.7 Å². The molecule has 0 saturated carbocycles. The van der Waals surface area contributed by atoms with E-state index in [2.05, 4.69) is 26.6 Å². The Labute approximate surface area is 217 Å². The number of halogens is 2. The van der Waals surface area contributed by atoms with Gasteiger partial charge in [-0.15, -0.1) is 0 Å². The van der Waals surface area contributed by atoms with Gasteiger partial charge in [-0.05, 0) is 41.5 Å². The van der Waals surface area contributed by atoms with Gasteiger partial charge in [0.05, 0.1) is 12.2 Å². The van der Waals surface area contributed by atoms with E-state index in [1.54, 1.807) is 29.9 Å². The second-order valence-corrected chi connectivity index (χ2v) is 9.39. The molecule has 35 heavy (non-hydrogen) atoms. The van der Waals surface area contributed by atoms with Crippen molar-refractivity contribution in [2.45, 2.75) is 19.0 Å². The molecule has 0 bridgehead atoms. The van der Waals surface area contributed by atoms with Crippen LogP contribution in [0.4, 0.5) is 0 Å². The lowest BCUT2D eigenvalue weighted by Gasteiger charge is -2.18. The Bertz CT molecular complexity index is 1320. The standard InChI is InChI=1S/C27H24BrClN4O2/c1-30-26(34)24(15-19-8-5-9-21(28)14-19)31-27(35)25-16-23(20-10-12-22(29)13-11-20)32-33(25)17-18-6-3-2-4-7-18/h2-14,16,24H,15,17H2,1H3,(H,30,34)(H,31,35)/t24-/m0/s1. The molecule has 4 aromatic rings.